The summed E-state index contributed by atoms with van der Waals surface area (Å²) in [6.45, 7) is 1.75. The summed E-state index contributed by atoms with van der Waals surface area (Å²) in [5.41, 5.74) is 0.0143. The zero-order chi connectivity index (χ0) is 13.0. The highest BCUT2D eigenvalue weighted by atomic mass is 79.9. The largest absolute Gasteiger partial charge is 0.338 e. The maximum absolute atomic E-state index is 13.6. The number of benzene rings is 1. The van der Waals surface area contributed by atoms with Crippen LogP contribution in [0.25, 0.3) is 0 Å². The first-order chi connectivity index (χ1) is 7.97. The van der Waals surface area contributed by atoms with Gasteiger partial charge in [0.1, 0.15) is 5.82 Å². The third-order valence-corrected chi connectivity index (χ3v) is 3.02. The molecule has 0 fully saturated rings. The van der Waals surface area contributed by atoms with E-state index < -0.39 is 11.7 Å². The highest BCUT2D eigenvalue weighted by Crippen LogP contribution is 2.17. The van der Waals surface area contributed by atoms with Crippen LogP contribution in [-0.4, -0.2) is 23.9 Å². The van der Waals surface area contributed by atoms with E-state index in [1.54, 1.807) is 20.0 Å². The summed E-state index contributed by atoms with van der Waals surface area (Å²) in [5.74, 6) is -0.988. The minimum Gasteiger partial charge on any atom is -0.338 e. The Labute approximate surface area is 108 Å². The molecule has 90 valence electrons. The summed E-state index contributed by atoms with van der Waals surface area (Å²) < 4.78 is 14.2. The molecule has 0 aliphatic heterocycles. The Morgan fingerprint density at radius 3 is 2.82 bits per heavy atom. The molecule has 0 aliphatic carbocycles. The van der Waals surface area contributed by atoms with Crippen molar-refractivity contribution in [3.05, 3.63) is 34.1 Å². The first kappa shape index (κ1) is 13.7. The summed E-state index contributed by atoms with van der Waals surface area (Å²) in [5, 5.41) is 8.56. The van der Waals surface area contributed by atoms with Crippen molar-refractivity contribution >= 4 is 21.8 Å². The summed E-state index contributed by atoms with van der Waals surface area (Å²) in [6, 6.07) is 6.03. The van der Waals surface area contributed by atoms with Gasteiger partial charge in [0, 0.05) is 17.6 Å². The topological polar surface area (TPSA) is 44.1 Å². The van der Waals surface area contributed by atoms with Gasteiger partial charge >= 0.3 is 0 Å². The molecular weight excluding hydrogens is 287 g/mol. The minimum absolute atomic E-state index is 0.0143. The molecule has 3 nitrogen and oxygen atoms in total. The third-order valence-electron chi connectivity index (χ3n) is 2.53. The van der Waals surface area contributed by atoms with Crippen molar-refractivity contribution < 1.29 is 9.18 Å². The van der Waals surface area contributed by atoms with Gasteiger partial charge in [0.15, 0.2) is 0 Å². The lowest BCUT2D eigenvalue weighted by Crippen LogP contribution is -2.35. The van der Waals surface area contributed by atoms with Crippen molar-refractivity contribution in [1.29, 1.82) is 5.26 Å². The van der Waals surface area contributed by atoms with Crippen LogP contribution in [-0.2, 0) is 0 Å². The molecule has 0 saturated heterocycles. The molecule has 0 saturated carbocycles. The standard InChI is InChI=1S/C12H12BrFN2O/c1-8(5-6-15)16(2)12(17)10-4-3-9(13)7-11(10)14/h3-4,7-8H,5H2,1-2H3. The summed E-state index contributed by atoms with van der Waals surface area (Å²) in [7, 11) is 1.56. The van der Waals surface area contributed by atoms with E-state index in [0.29, 0.717) is 4.47 Å². The van der Waals surface area contributed by atoms with E-state index in [2.05, 4.69) is 15.9 Å². The molecule has 0 heterocycles. The Bertz CT molecular complexity index is 470. The number of hydrogen-bond acceptors (Lipinski definition) is 2. The molecule has 1 aromatic rings. The van der Waals surface area contributed by atoms with Crippen molar-refractivity contribution in [2.75, 3.05) is 7.05 Å². The van der Waals surface area contributed by atoms with Crippen LogP contribution in [0.15, 0.2) is 22.7 Å². The van der Waals surface area contributed by atoms with Crippen LogP contribution in [0.5, 0.6) is 0 Å². The minimum atomic E-state index is -0.569. The molecule has 1 rings (SSSR count). The monoisotopic (exact) mass is 298 g/mol. The Kier molecular flexibility index (Phi) is 4.64. The summed E-state index contributed by atoms with van der Waals surface area (Å²) >= 11 is 3.13. The van der Waals surface area contributed by atoms with E-state index in [0.717, 1.165) is 0 Å². The molecule has 0 aromatic heterocycles. The molecule has 5 heteroatoms. The fourth-order valence-corrected chi connectivity index (χ4v) is 1.66. The second kappa shape index (κ2) is 5.78. The van der Waals surface area contributed by atoms with Crippen LogP contribution >= 0.6 is 15.9 Å². The normalized spacial score (nSPS) is 11.7. The van der Waals surface area contributed by atoms with Crippen molar-refractivity contribution in [2.24, 2.45) is 0 Å². The fourth-order valence-electron chi connectivity index (χ4n) is 1.32. The molecule has 17 heavy (non-hydrogen) atoms. The van der Waals surface area contributed by atoms with Gasteiger partial charge in [0.25, 0.3) is 5.91 Å². The van der Waals surface area contributed by atoms with Crippen molar-refractivity contribution in [1.82, 2.24) is 4.90 Å². The van der Waals surface area contributed by atoms with Crippen LogP contribution in [0.3, 0.4) is 0 Å². The van der Waals surface area contributed by atoms with Gasteiger partial charge < -0.3 is 4.90 Å². The van der Waals surface area contributed by atoms with Gasteiger partial charge in [-0.2, -0.15) is 5.26 Å². The second-order valence-corrected chi connectivity index (χ2v) is 4.67. The number of carbonyl (C=O) groups excluding carboxylic acids is 1. The average molecular weight is 299 g/mol. The van der Waals surface area contributed by atoms with Gasteiger partial charge in [-0.15, -0.1) is 0 Å². The molecule has 1 aromatic carbocycles. The number of amides is 1. The van der Waals surface area contributed by atoms with Crippen molar-refractivity contribution in [3.63, 3.8) is 0 Å². The number of nitriles is 1. The number of hydrogen-bond donors (Lipinski definition) is 0. The highest BCUT2D eigenvalue weighted by Gasteiger charge is 2.20. The molecule has 1 atom stereocenters. The number of rotatable bonds is 3. The van der Waals surface area contributed by atoms with E-state index in [9.17, 15) is 9.18 Å². The predicted molar refractivity (Wildman–Crippen MR) is 65.9 cm³/mol. The quantitative estimate of drug-likeness (QED) is 0.861. The molecular formula is C12H12BrFN2O. The highest BCUT2D eigenvalue weighted by molar-refractivity contribution is 9.10. The Balaban J connectivity index is 2.93. The first-order valence-corrected chi connectivity index (χ1v) is 5.85. The van der Waals surface area contributed by atoms with E-state index in [4.69, 9.17) is 5.26 Å². The lowest BCUT2D eigenvalue weighted by atomic mass is 10.1. The van der Waals surface area contributed by atoms with Crippen LogP contribution in [0.1, 0.15) is 23.7 Å². The number of carbonyl (C=O) groups is 1. The zero-order valence-electron chi connectivity index (χ0n) is 9.58. The molecule has 0 radical (unpaired) electrons. The molecule has 0 N–H and O–H groups in total. The van der Waals surface area contributed by atoms with E-state index in [1.807, 2.05) is 6.07 Å². The van der Waals surface area contributed by atoms with Crippen molar-refractivity contribution in [3.8, 4) is 6.07 Å². The zero-order valence-corrected chi connectivity index (χ0v) is 11.2. The van der Waals surface area contributed by atoms with Gasteiger partial charge in [-0.3, -0.25) is 4.79 Å². The van der Waals surface area contributed by atoms with E-state index in [-0.39, 0.29) is 18.0 Å². The smallest absolute Gasteiger partial charge is 0.256 e. The molecule has 1 unspecified atom stereocenters. The van der Waals surface area contributed by atoms with E-state index in [1.165, 1.54) is 17.0 Å². The number of halogens is 2. The molecule has 0 bridgehead atoms. The Hall–Kier alpha value is -1.41. The lowest BCUT2D eigenvalue weighted by molar-refractivity contribution is 0.0741. The van der Waals surface area contributed by atoms with Gasteiger partial charge in [-0.05, 0) is 25.1 Å². The van der Waals surface area contributed by atoms with Gasteiger partial charge in [-0.25, -0.2) is 4.39 Å². The average Bonchev–Trinajstić information content (AvgIpc) is 2.27. The van der Waals surface area contributed by atoms with Crippen LogP contribution in [0, 0.1) is 17.1 Å². The first-order valence-electron chi connectivity index (χ1n) is 5.06. The van der Waals surface area contributed by atoms with Crippen molar-refractivity contribution in [2.45, 2.75) is 19.4 Å². The predicted octanol–water partition coefficient (Wildman–Crippen LogP) is 2.96. The van der Waals surface area contributed by atoms with Crippen LogP contribution in [0.4, 0.5) is 4.39 Å². The van der Waals surface area contributed by atoms with Gasteiger partial charge in [0.2, 0.25) is 0 Å². The molecule has 0 spiro atoms. The fraction of sp³-hybridized carbons (Fsp3) is 0.333. The van der Waals surface area contributed by atoms with Crippen LogP contribution < -0.4 is 0 Å². The summed E-state index contributed by atoms with van der Waals surface area (Å²) in [6.07, 6.45) is 0.223. The number of nitrogens with zero attached hydrogens (tertiary/aromatic N) is 2. The SMILES string of the molecule is CC(CC#N)N(C)C(=O)c1ccc(Br)cc1F. The third kappa shape index (κ3) is 3.27. The maximum Gasteiger partial charge on any atom is 0.256 e. The maximum atomic E-state index is 13.6. The van der Waals surface area contributed by atoms with Crippen LogP contribution in [0.2, 0.25) is 0 Å². The lowest BCUT2D eigenvalue weighted by Gasteiger charge is -2.23. The summed E-state index contributed by atoms with van der Waals surface area (Å²) in [4.78, 5) is 13.3. The second-order valence-electron chi connectivity index (χ2n) is 3.75. The Morgan fingerprint density at radius 2 is 2.29 bits per heavy atom. The Morgan fingerprint density at radius 1 is 1.65 bits per heavy atom. The van der Waals surface area contributed by atoms with E-state index >= 15 is 0 Å². The molecule has 0 aliphatic rings. The molecule has 1 amide bonds. The van der Waals surface area contributed by atoms with Gasteiger partial charge in [-0.1, -0.05) is 15.9 Å². The van der Waals surface area contributed by atoms with Gasteiger partial charge in [0.05, 0.1) is 18.1 Å².